The molecule has 0 saturated heterocycles. The van der Waals surface area contributed by atoms with Gasteiger partial charge in [-0.3, -0.25) is 0 Å². The molecule has 1 heterocycles. The van der Waals surface area contributed by atoms with Gasteiger partial charge in [0.25, 0.3) is 0 Å². The van der Waals surface area contributed by atoms with E-state index in [1.165, 1.54) is 5.56 Å². The molecule has 50 valence electrons. The molecular formula is C7H11NO. The second-order valence-corrected chi connectivity index (χ2v) is 2.15. The third kappa shape index (κ3) is 1.49. The molecule has 0 aliphatic heterocycles. The number of rotatable bonds is 2. The van der Waals surface area contributed by atoms with Gasteiger partial charge in [-0.15, -0.1) is 0 Å². The van der Waals surface area contributed by atoms with Crippen molar-refractivity contribution >= 4 is 0 Å². The predicted molar refractivity (Wildman–Crippen MR) is 35.6 cm³/mol. The summed E-state index contributed by atoms with van der Waals surface area (Å²) in [6.45, 7) is 2.12. The molecular weight excluding hydrogens is 114 g/mol. The largest absolute Gasteiger partial charge is 0.429 e. The maximum absolute atomic E-state index is 8.80. The Morgan fingerprint density at radius 3 is 2.89 bits per heavy atom. The Balaban J connectivity index is 2.61. The van der Waals surface area contributed by atoms with E-state index >= 15 is 0 Å². The summed E-state index contributed by atoms with van der Waals surface area (Å²) in [5.41, 5.74) is 1.19. The fourth-order valence-electron chi connectivity index (χ4n) is 0.865. The van der Waals surface area contributed by atoms with Crippen molar-refractivity contribution in [3.05, 3.63) is 24.0 Å². The number of hydrogen-bond acceptors (Lipinski definition) is 1. The normalized spacial score (nSPS) is 9.89. The molecule has 0 aliphatic rings. The Bertz CT molecular complexity index is 181. The third-order valence-corrected chi connectivity index (χ3v) is 1.28. The highest BCUT2D eigenvalue weighted by Crippen LogP contribution is 2.01. The van der Waals surface area contributed by atoms with Gasteiger partial charge in [-0.1, -0.05) is 13.3 Å². The molecule has 0 radical (unpaired) electrons. The van der Waals surface area contributed by atoms with Crippen molar-refractivity contribution in [2.45, 2.75) is 19.8 Å². The Morgan fingerprint density at radius 1 is 1.67 bits per heavy atom. The van der Waals surface area contributed by atoms with E-state index in [4.69, 9.17) is 5.21 Å². The fourth-order valence-corrected chi connectivity index (χ4v) is 0.865. The van der Waals surface area contributed by atoms with E-state index in [2.05, 4.69) is 6.92 Å². The molecule has 0 unspecified atom stereocenters. The van der Waals surface area contributed by atoms with Crippen molar-refractivity contribution in [2.24, 2.45) is 0 Å². The summed E-state index contributed by atoms with van der Waals surface area (Å²) in [5, 5.41) is 8.80. The Morgan fingerprint density at radius 2 is 2.44 bits per heavy atom. The zero-order chi connectivity index (χ0) is 6.69. The summed E-state index contributed by atoms with van der Waals surface area (Å²) in [6.07, 6.45) is 5.55. The molecule has 1 aromatic rings. The van der Waals surface area contributed by atoms with Crippen LogP contribution >= 0.6 is 0 Å². The first-order valence-electron chi connectivity index (χ1n) is 3.19. The summed E-state index contributed by atoms with van der Waals surface area (Å²) in [4.78, 5) is 0. The van der Waals surface area contributed by atoms with E-state index in [0.29, 0.717) is 0 Å². The van der Waals surface area contributed by atoms with Crippen molar-refractivity contribution in [3.8, 4) is 0 Å². The van der Waals surface area contributed by atoms with Crippen LogP contribution in [0, 0.1) is 0 Å². The van der Waals surface area contributed by atoms with Crippen molar-refractivity contribution in [2.75, 3.05) is 0 Å². The molecule has 0 fully saturated rings. The van der Waals surface area contributed by atoms with E-state index in [1.807, 2.05) is 6.07 Å². The number of aromatic nitrogens is 1. The average Bonchev–Trinajstić information content (AvgIpc) is 2.17. The second-order valence-electron chi connectivity index (χ2n) is 2.15. The van der Waals surface area contributed by atoms with Crippen molar-refractivity contribution < 1.29 is 5.21 Å². The van der Waals surface area contributed by atoms with Crippen LogP contribution in [-0.4, -0.2) is 9.94 Å². The van der Waals surface area contributed by atoms with E-state index in [9.17, 15) is 0 Å². The van der Waals surface area contributed by atoms with Crippen LogP contribution in [0.2, 0.25) is 0 Å². The van der Waals surface area contributed by atoms with Crippen LogP contribution in [0.4, 0.5) is 0 Å². The first-order chi connectivity index (χ1) is 4.33. The molecule has 0 amide bonds. The van der Waals surface area contributed by atoms with Gasteiger partial charge in [0.2, 0.25) is 0 Å². The SMILES string of the molecule is CCCc1ccn(O)c1. The first kappa shape index (κ1) is 6.20. The lowest BCUT2D eigenvalue weighted by atomic mass is 10.2. The van der Waals surface area contributed by atoms with Crippen molar-refractivity contribution in [1.82, 2.24) is 4.73 Å². The van der Waals surface area contributed by atoms with Gasteiger partial charge in [0.15, 0.2) is 0 Å². The van der Waals surface area contributed by atoms with Crippen LogP contribution in [0.1, 0.15) is 18.9 Å². The monoisotopic (exact) mass is 125 g/mol. The molecule has 0 aliphatic carbocycles. The quantitative estimate of drug-likeness (QED) is 0.598. The molecule has 0 aromatic carbocycles. The van der Waals surface area contributed by atoms with Gasteiger partial charge in [-0.05, 0) is 18.1 Å². The standard InChI is InChI=1S/C7H11NO/c1-2-3-7-4-5-8(9)6-7/h4-6,9H,2-3H2,1H3. The van der Waals surface area contributed by atoms with Gasteiger partial charge in [0.05, 0.1) is 0 Å². The summed E-state index contributed by atoms with van der Waals surface area (Å²) >= 11 is 0. The third-order valence-electron chi connectivity index (χ3n) is 1.28. The van der Waals surface area contributed by atoms with Crippen LogP contribution in [0.5, 0.6) is 0 Å². The minimum absolute atomic E-state index is 1.05. The van der Waals surface area contributed by atoms with Crippen LogP contribution < -0.4 is 0 Å². The average molecular weight is 125 g/mol. The minimum atomic E-state index is 1.05. The van der Waals surface area contributed by atoms with E-state index < -0.39 is 0 Å². The lowest BCUT2D eigenvalue weighted by Gasteiger charge is -1.88. The van der Waals surface area contributed by atoms with Gasteiger partial charge >= 0.3 is 0 Å². The van der Waals surface area contributed by atoms with Gasteiger partial charge in [-0.2, -0.15) is 0 Å². The molecule has 2 heteroatoms. The molecule has 0 atom stereocenters. The highest BCUT2D eigenvalue weighted by Gasteiger charge is 1.91. The van der Waals surface area contributed by atoms with Crippen LogP contribution in [0.25, 0.3) is 0 Å². The van der Waals surface area contributed by atoms with Crippen molar-refractivity contribution in [1.29, 1.82) is 0 Å². The molecule has 0 spiro atoms. The van der Waals surface area contributed by atoms with E-state index in [1.54, 1.807) is 12.4 Å². The van der Waals surface area contributed by atoms with Crippen molar-refractivity contribution in [3.63, 3.8) is 0 Å². The Kier molecular flexibility index (Phi) is 1.78. The fraction of sp³-hybridized carbons (Fsp3) is 0.429. The van der Waals surface area contributed by atoms with Gasteiger partial charge in [-0.25, -0.2) is 4.73 Å². The Labute approximate surface area is 54.7 Å². The molecule has 9 heavy (non-hydrogen) atoms. The van der Waals surface area contributed by atoms with Crippen LogP contribution in [0.15, 0.2) is 18.5 Å². The highest BCUT2D eigenvalue weighted by molar-refractivity contribution is 5.08. The smallest absolute Gasteiger partial charge is 0.0464 e. The maximum atomic E-state index is 8.80. The molecule has 0 bridgehead atoms. The maximum Gasteiger partial charge on any atom is 0.0464 e. The second kappa shape index (κ2) is 2.58. The Hall–Kier alpha value is -0.920. The van der Waals surface area contributed by atoms with E-state index in [-0.39, 0.29) is 0 Å². The minimum Gasteiger partial charge on any atom is -0.429 e. The van der Waals surface area contributed by atoms with Gasteiger partial charge < -0.3 is 5.21 Å². The van der Waals surface area contributed by atoms with Crippen LogP contribution in [-0.2, 0) is 6.42 Å². The summed E-state index contributed by atoms with van der Waals surface area (Å²) < 4.78 is 1.09. The van der Waals surface area contributed by atoms with Gasteiger partial charge in [0.1, 0.15) is 0 Å². The zero-order valence-corrected chi connectivity index (χ0v) is 5.54. The molecule has 0 saturated carbocycles. The topological polar surface area (TPSA) is 25.2 Å². The summed E-state index contributed by atoms with van der Waals surface area (Å²) in [6, 6.07) is 1.92. The van der Waals surface area contributed by atoms with Gasteiger partial charge in [0, 0.05) is 12.4 Å². The molecule has 1 rings (SSSR count). The number of nitrogens with zero attached hydrogens (tertiary/aromatic N) is 1. The van der Waals surface area contributed by atoms with E-state index in [0.717, 1.165) is 17.6 Å². The zero-order valence-electron chi connectivity index (χ0n) is 5.54. The predicted octanol–water partition coefficient (Wildman–Crippen LogP) is 1.68. The summed E-state index contributed by atoms with van der Waals surface area (Å²) in [5.74, 6) is 0. The number of aryl methyl sites for hydroxylation is 1. The summed E-state index contributed by atoms with van der Waals surface area (Å²) in [7, 11) is 0. The first-order valence-corrected chi connectivity index (χ1v) is 3.19. The van der Waals surface area contributed by atoms with Crippen LogP contribution in [0.3, 0.4) is 0 Å². The lowest BCUT2D eigenvalue weighted by molar-refractivity contribution is 0.187. The number of hydrogen-bond donors (Lipinski definition) is 1. The highest BCUT2D eigenvalue weighted by atomic mass is 16.5. The molecule has 1 aromatic heterocycles. The molecule has 1 N–H and O–H groups in total. The lowest BCUT2D eigenvalue weighted by Crippen LogP contribution is -1.82. The molecule has 2 nitrogen and oxygen atoms in total.